The van der Waals surface area contributed by atoms with Gasteiger partial charge in [0, 0.05) is 5.56 Å². The standard InChI is InChI=1S/C9H11NO2/c1-6-2-5-8(7-3-4-7)9(11)10(6)12/h2,5,7,12H,3-4H2,1H3. The molecule has 2 rings (SSSR count). The number of hydrogen-bond acceptors (Lipinski definition) is 2. The molecule has 0 aliphatic heterocycles. The second kappa shape index (κ2) is 2.37. The lowest BCUT2D eigenvalue weighted by Crippen LogP contribution is -2.22. The molecule has 0 spiro atoms. The minimum atomic E-state index is -0.252. The Morgan fingerprint density at radius 2 is 2.17 bits per heavy atom. The molecule has 1 aromatic heterocycles. The van der Waals surface area contributed by atoms with Crippen molar-refractivity contribution in [3.8, 4) is 0 Å². The quantitative estimate of drug-likeness (QED) is 0.637. The Morgan fingerprint density at radius 1 is 1.50 bits per heavy atom. The Kier molecular flexibility index (Phi) is 1.46. The molecule has 0 radical (unpaired) electrons. The summed E-state index contributed by atoms with van der Waals surface area (Å²) in [5, 5.41) is 9.27. The van der Waals surface area contributed by atoms with Crippen LogP contribution in [0.5, 0.6) is 0 Å². The van der Waals surface area contributed by atoms with E-state index in [1.54, 1.807) is 13.0 Å². The van der Waals surface area contributed by atoms with Crippen LogP contribution in [0.4, 0.5) is 0 Å². The van der Waals surface area contributed by atoms with Crippen LogP contribution in [0.15, 0.2) is 16.9 Å². The predicted octanol–water partition coefficient (Wildman–Crippen LogP) is 1.27. The molecule has 0 amide bonds. The van der Waals surface area contributed by atoms with Gasteiger partial charge in [-0.25, -0.2) is 0 Å². The first-order chi connectivity index (χ1) is 5.70. The maximum atomic E-state index is 11.4. The second-order valence-corrected chi connectivity index (χ2v) is 3.32. The SMILES string of the molecule is Cc1ccc(C2CC2)c(=O)n1O. The van der Waals surface area contributed by atoms with Crippen LogP contribution >= 0.6 is 0 Å². The molecule has 64 valence electrons. The molecule has 1 fully saturated rings. The maximum Gasteiger partial charge on any atom is 0.286 e. The first-order valence-electron chi connectivity index (χ1n) is 4.12. The number of aromatic nitrogens is 1. The Bertz CT molecular complexity index is 363. The van der Waals surface area contributed by atoms with E-state index < -0.39 is 0 Å². The van der Waals surface area contributed by atoms with E-state index in [0.29, 0.717) is 11.6 Å². The lowest BCUT2D eigenvalue weighted by atomic mass is 10.2. The van der Waals surface area contributed by atoms with Crippen molar-refractivity contribution in [3.05, 3.63) is 33.7 Å². The van der Waals surface area contributed by atoms with Gasteiger partial charge in [-0.15, -0.1) is 0 Å². The molecule has 1 aromatic rings. The lowest BCUT2D eigenvalue weighted by Gasteiger charge is -2.03. The highest BCUT2D eigenvalue weighted by atomic mass is 16.5. The molecule has 3 nitrogen and oxygen atoms in total. The van der Waals surface area contributed by atoms with E-state index in [4.69, 9.17) is 0 Å². The van der Waals surface area contributed by atoms with Crippen molar-refractivity contribution >= 4 is 0 Å². The summed E-state index contributed by atoms with van der Waals surface area (Å²) in [5.74, 6) is 0.400. The summed E-state index contributed by atoms with van der Waals surface area (Å²) in [6.07, 6.45) is 2.16. The Balaban J connectivity index is 2.57. The van der Waals surface area contributed by atoms with Crippen molar-refractivity contribution in [2.75, 3.05) is 0 Å². The smallest absolute Gasteiger partial charge is 0.286 e. The fraction of sp³-hybridized carbons (Fsp3) is 0.444. The highest BCUT2D eigenvalue weighted by molar-refractivity contribution is 5.22. The fourth-order valence-corrected chi connectivity index (χ4v) is 1.34. The van der Waals surface area contributed by atoms with Gasteiger partial charge in [0.1, 0.15) is 0 Å². The Hall–Kier alpha value is -1.25. The molecule has 12 heavy (non-hydrogen) atoms. The zero-order valence-corrected chi connectivity index (χ0v) is 6.95. The van der Waals surface area contributed by atoms with Gasteiger partial charge >= 0.3 is 0 Å². The summed E-state index contributed by atoms with van der Waals surface area (Å²) in [6, 6.07) is 3.59. The van der Waals surface area contributed by atoms with Crippen LogP contribution in [0.1, 0.15) is 30.0 Å². The molecule has 3 heteroatoms. The molecule has 1 N–H and O–H groups in total. The van der Waals surface area contributed by atoms with Crippen molar-refractivity contribution in [1.82, 2.24) is 4.73 Å². The first-order valence-corrected chi connectivity index (χ1v) is 4.12. The zero-order chi connectivity index (χ0) is 8.72. The number of hydrogen-bond donors (Lipinski definition) is 1. The van der Waals surface area contributed by atoms with Gasteiger partial charge in [0.2, 0.25) is 0 Å². The molecule has 0 bridgehead atoms. The molecule has 1 aliphatic rings. The minimum Gasteiger partial charge on any atom is -0.425 e. The molecular formula is C9H11NO2. The first kappa shape index (κ1) is 7.40. The van der Waals surface area contributed by atoms with Crippen LogP contribution in [-0.2, 0) is 0 Å². The highest BCUT2D eigenvalue weighted by Gasteiger charge is 2.26. The summed E-state index contributed by atoms with van der Waals surface area (Å²) in [7, 11) is 0. The van der Waals surface area contributed by atoms with Crippen LogP contribution in [-0.4, -0.2) is 9.94 Å². The van der Waals surface area contributed by atoms with Crippen molar-refractivity contribution in [2.24, 2.45) is 0 Å². The summed E-state index contributed by atoms with van der Waals surface area (Å²) in [6.45, 7) is 1.71. The molecule has 0 aromatic carbocycles. The topological polar surface area (TPSA) is 42.2 Å². The van der Waals surface area contributed by atoms with E-state index in [-0.39, 0.29) is 5.56 Å². The van der Waals surface area contributed by atoms with Gasteiger partial charge in [0.05, 0.1) is 5.69 Å². The zero-order valence-electron chi connectivity index (χ0n) is 6.95. The Labute approximate surface area is 70.2 Å². The molecule has 1 aliphatic carbocycles. The summed E-state index contributed by atoms with van der Waals surface area (Å²) < 4.78 is 0.730. The van der Waals surface area contributed by atoms with E-state index in [1.165, 1.54) is 0 Å². The van der Waals surface area contributed by atoms with E-state index in [9.17, 15) is 10.0 Å². The van der Waals surface area contributed by atoms with Crippen LogP contribution < -0.4 is 5.56 Å². The minimum absolute atomic E-state index is 0.252. The van der Waals surface area contributed by atoms with E-state index in [1.807, 2.05) is 6.07 Å². The van der Waals surface area contributed by atoms with Gasteiger partial charge in [-0.2, -0.15) is 4.73 Å². The number of pyridine rings is 1. The van der Waals surface area contributed by atoms with Crippen LogP contribution in [0.3, 0.4) is 0 Å². The summed E-state index contributed by atoms with van der Waals surface area (Å²) in [5.41, 5.74) is 1.09. The summed E-state index contributed by atoms with van der Waals surface area (Å²) in [4.78, 5) is 11.4. The normalized spacial score (nSPS) is 16.4. The number of rotatable bonds is 1. The second-order valence-electron chi connectivity index (χ2n) is 3.32. The van der Waals surface area contributed by atoms with Crippen molar-refractivity contribution < 1.29 is 5.21 Å². The summed E-state index contributed by atoms with van der Waals surface area (Å²) >= 11 is 0. The number of aryl methyl sites for hydroxylation is 1. The number of nitrogens with zero attached hydrogens (tertiary/aromatic N) is 1. The van der Waals surface area contributed by atoms with Crippen molar-refractivity contribution in [1.29, 1.82) is 0 Å². The van der Waals surface area contributed by atoms with Crippen LogP contribution in [0.2, 0.25) is 0 Å². The molecule has 0 saturated heterocycles. The van der Waals surface area contributed by atoms with Gasteiger partial charge < -0.3 is 5.21 Å². The third-order valence-electron chi connectivity index (χ3n) is 2.29. The Morgan fingerprint density at radius 3 is 2.75 bits per heavy atom. The van der Waals surface area contributed by atoms with Gasteiger partial charge in [-0.05, 0) is 31.7 Å². The van der Waals surface area contributed by atoms with Gasteiger partial charge in [0.25, 0.3) is 5.56 Å². The third kappa shape index (κ3) is 1.02. The van der Waals surface area contributed by atoms with Gasteiger partial charge in [0.15, 0.2) is 0 Å². The average Bonchev–Trinajstić information content (AvgIpc) is 2.84. The van der Waals surface area contributed by atoms with Gasteiger partial charge in [-0.3, -0.25) is 4.79 Å². The van der Waals surface area contributed by atoms with Gasteiger partial charge in [-0.1, -0.05) is 6.07 Å². The largest absolute Gasteiger partial charge is 0.425 e. The average molecular weight is 165 g/mol. The van der Waals surface area contributed by atoms with E-state index in [2.05, 4.69) is 0 Å². The monoisotopic (exact) mass is 165 g/mol. The van der Waals surface area contributed by atoms with Crippen molar-refractivity contribution in [2.45, 2.75) is 25.7 Å². The molecule has 0 unspecified atom stereocenters. The molecule has 1 heterocycles. The fourth-order valence-electron chi connectivity index (χ4n) is 1.34. The molecule has 1 saturated carbocycles. The molecular weight excluding hydrogens is 154 g/mol. The van der Waals surface area contributed by atoms with E-state index in [0.717, 1.165) is 23.1 Å². The van der Waals surface area contributed by atoms with E-state index >= 15 is 0 Å². The highest BCUT2D eigenvalue weighted by Crippen LogP contribution is 2.38. The maximum absolute atomic E-state index is 11.4. The predicted molar refractivity (Wildman–Crippen MR) is 44.6 cm³/mol. The third-order valence-corrected chi connectivity index (χ3v) is 2.29. The van der Waals surface area contributed by atoms with Crippen molar-refractivity contribution in [3.63, 3.8) is 0 Å². The van der Waals surface area contributed by atoms with Crippen LogP contribution in [0.25, 0.3) is 0 Å². The molecule has 0 atom stereocenters. The van der Waals surface area contributed by atoms with Crippen LogP contribution in [0, 0.1) is 6.92 Å². The lowest BCUT2D eigenvalue weighted by molar-refractivity contribution is 0.167.